The Kier molecular flexibility index (Phi) is 4.26. The molecule has 0 radical (unpaired) electrons. The average Bonchev–Trinajstić information content (AvgIpc) is 3.16. The van der Waals surface area contributed by atoms with Gasteiger partial charge in [0.25, 0.3) is 0 Å². The highest BCUT2D eigenvalue weighted by atomic mass is 16.5. The van der Waals surface area contributed by atoms with Crippen molar-refractivity contribution in [1.82, 2.24) is 4.90 Å². The molecule has 0 atom stereocenters. The molecule has 0 saturated heterocycles. The minimum atomic E-state index is 0.724. The van der Waals surface area contributed by atoms with Crippen LogP contribution in [-0.2, 0) is 0 Å². The van der Waals surface area contributed by atoms with Gasteiger partial charge in [-0.1, -0.05) is 19.1 Å². The predicted molar refractivity (Wildman–Crippen MR) is 71.2 cm³/mol. The summed E-state index contributed by atoms with van der Waals surface area (Å²) in [4.78, 5) is 2.54. The maximum Gasteiger partial charge on any atom is 0.142 e. The van der Waals surface area contributed by atoms with Gasteiger partial charge in [-0.05, 0) is 37.9 Å². The van der Waals surface area contributed by atoms with Crippen LogP contribution in [0.2, 0.25) is 0 Å². The Morgan fingerprint density at radius 1 is 1.35 bits per heavy atom. The van der Waals surface area contributed by atoms with E-state index in [2.05, 4.69) is 11.8 Å². The van der Waals surface area contributed by atoms with Crippen LogP contribution >= 0.6 is 0 Å². The van der Waals surface area contributed by atoms with Crippen molar-refractivity contribution in [2.24, 2.45) is 0 Å². The fourth-order valence-corrected chi connectivity index (χ4v) is 2.10. The van der Waals surface area contributed by atoms with Gasteiger partial charge in [0.2, 0.25) is 0 Å². The van der Waals surface area contributed by atoms with Crippen molar-refractivity contribution in [3.05, 3.63) is 24.3 Å². The summed E-state index contributed by atoms with van der Waals surface area (Å²) in [5.41, 5.74) is 6.54. The van der Waals surface area contributed by atoms with Crippen LogP contribution < -0.4 is 10.5 Å². The first kappa shape index (κ1) is 12.2. The van der Waals surface area contributed by atoms with Gasteiger partial charge in [0.1, 0.15) is 5.75 Å². The van der Waals surface area contributed by atoms with E-state index in [1.807, 2.05) is 24.3 Å². The highest BCUT2D eigenvalue weighted by Crippen LogP contribution is 2.26. The molecule has 3 nitrogen and oxygen atoms in total. The van der Waals surface area contributed by atoms with Gasteiger partial charge in [-0.15, -0.1) is 0 Å². The second-order valence-electron chi connectivity index (χ2n) is 4.60. The molecule has 94 valence electrons. The SMILES string of the molecule is CCN(CCCOc1ccccc1N)C1CC1. The summed E-state index contributed by atoms with van der Waals surface area (Å²) in [6.45, 7) is 5.26. The minimum Gasteiger partial charge on any atom is -0.491 e. The summed E-state index contributed by atoms with van der Waals surface area (Å²) in [5, 5.41) is 0. The highest BCUT2D eigenvalue weighted by molar-refractivity contribution is 5.51. The Hall–Kier alpha value is -1.22. The van der Waals surface area contributed by atoms with Gasteiger partial charge in [-0.25, -0.2) is 0 Å². The standard InChI is InChI=1S/C14H22N2O/c1-2-16(12-8-9-12)10-5-11-17-14-7-4-3-6-13(14)15/h3-4,6-7,12H,2,5,8-11,15H2,1H3. The summed E-state index contributed by atoms with van der Waals surface area (Å²) < 4.78 is 5.68. The van der Waals surface area contributed by atoms with E-state index in [1.54, 1.807) is 0 Å². The minimum absolute atomic E-state index is 0.724. The molecule has 0 aromatic heterocycles. The zero-order valence-corrected chi connectivity index (χ0v) is 10.6. The van der Waals surface area contributed by atoms with Crippen LogP contribution in [0.4, 0.5) is 5.69 Å². The zero-order chi connectivity index (χ0) is 12.1. The fourth-order valence-electron chi connectivity index (χ4n) is 2.10. The summed E-state index contributed by atoms with van der Waals surface area (Å²) in [5.74, 6) is 0.807. The van der Waals surface area contributed by atoms with E-state index in [9.17, 15) is 0 Å². The number of nitrogens with zero attached hydrogens (tertiary/aromatic N) is 1. The highest BCUT2D eigenvalue weighted by Gasteiger charge is 2.26. The Bertz CT molecular complexity index is 350. The Balaban J connectivity index is 1.67. The lowest BCUT2D eigenvalue weighted by Crippen LogP contribution is -2.27. The molecule has 1 aromatic carbocycles. The third-order valence-corrected chi connectivity index (χ3v) is 3.24. The summed E-state index contributed by atoms with van der Waals surface area (Å²) >= 11 is 0. The van der Waals surface area contributed by atoms with Crippen molar-refractivity contribution in [2.75, 3.05) is 25.4 Å². The van der Waals surface area contributed by atoms with Gasteiger partial charge in [0.15, 0.2) is 0 Å². The lowest BCUT2D eigenvalue weighted by Gasteiger charge is -2.19. The molecular weight excluding hydrogens is 212 g/mol. The van der Waals surface area contributed by atoms with E-state index in [-0.39, 0.29) is 0 Å². The summed E-state index contributed by atoms with van der Waals surface area (Å²) in [6.07, 6.45) is 3.82. The second-order valence-corrected chi connectivity index (χ2v) is 4.60. The van der Waals surface area contributed by atoms with E-state index < -0.39 is 0 Å². The largest absolute Gasteiger partial charge is 0.491 e. The number of anilines is 1. The van der Waals surface area contributed by atoms with Crippen LogP contribution in [0, 0.1) is 0 Å². The van der Waals surface area contributed by atoms with Gasteiger partial charge in [0.05, 0.1) is 12.3 Å². The molecule has 2 rings (SSSR count). The molecule has 2 N–H and O–H groups in total. The topological polar surface area (TPSA) is 38.5 Å². The van der Waals surface area contributed by atoms with Crippen LogP contribution in [0.25, 0.3) is 0 Å². The van der Waals surface area contributed by atoms with Crippen molar-refractivity contribution in [3.8, 4) is 5.75 Å². The molecule has 0 spiro atoms. The number of ether oxygens (including phenoxy) is 1. The third-order valence-electron chi connectivity index (χ3n) is 3.24. The predicted octanol–water partition coefficient (Wildman–Crippen LogP) is 2.52. The molecule has 0 aliphatic heterocycles. The quantitative estimate of drug-likeness (QED) is 0.582. The van der Waals surface area contributed by atoms with Crippen molar-refractivity contribution < 1.29 is 4.74 Å². The van der Waals surface area contributed by atoms with Crippen molar-refractivity contribution >= 4 is 5.69 Å². The number of hydrogen-bond acceptors (Lipinski definition) is 3. The zero-order valence-electron chi connectivity index (χ0n) is 10.6. The number of hydrogen-bond donors (Lipinski definition) is 1. The van der Waals surface area contributed by atoms with E-state index in [1.165, 1.54) is 12.8 Å². The average molecular weight is 234 g/mol. The molecule has 17 heavy (non-hydrogen) atoms. The van der Waals surface area contributed by atoms with Crippen LogP contribution in [0.1, 0.15) is 26.2 Å². The first-order valence-electron chi connectivity index (χ1n) is 6.52. The number of benzene rings is 1. The number of para-hydroxylation sites is 2. The van der Waals surface area contributed by atoms with Crippen molar-refractivity contribution in [2.45, 2.75) is 32.2 Å². The molecule has 0 unspecified atom stereocenters. The monoisotopic (exact) mass is 234 g/mol. The molecule has 1 aromatic rings. The second kappa shape index (κ2) is 5.92. The Labute approximate surface area is 104 Å². The van der Waals surface area contributed by atoms with Crippen LogP contribution in [0.5, 0.6) is 5.75 Å². The van der Waals surface area contributed by atoms with E-state index in [0.717, 1.165) is 43.6 Å². The maximum absolute atomic E-state index is 5.81. The van der Waals surface area contributed by atoms with Crippen molar-refractivity contribution in [1.29, 1.82) is 0 Å². The smallest absolute Gasteiger partial charge is 0.142 e. The van der Waals surface area contributed by atoms with Gasteiger partial charge in [0, 0.05) is 12.6 Å². The van der Waals surface area contributed by atoms with E-state index in [4.69, 9.17) is 10.5 Å². The first-order valence-corrected chi connectivity index (χ1v) is 6.52. The molecule has 1 aliphatic carbocycles. The van der Waals surface area contributed by atoms with Gasteiger partial charge in [-0.2, -0.15) is 0 Å². The summed E-state index contributed by atoms with van der Waals surface area (Å²) in [6, 6.07) is 8.52. The van der Waals surface area contributed by atoms with Gasteiger partial charge < -0.3 is 15.4 Å². The molecule has 0 bridgehead atoms. The summed E-state index contributed by atoms with van der Waals surface area (Å²) in [7, 11) is 0. The van der Waals surface area contributed by atoms with E-state index in [0.29, 0.717) is 0 Å². The van der Waals surface area contributed by atoms with Gasteiger partial charge in [-0.3, -0.25) is 0 Å². The lowest BCUT2D eigenvalue weighted by atomic mass is 10.3. The molecule has 0 heterocycles. The molecule has 1 fully saturated rings. The Morgan fingerprint density at radius 3 is 2.76 bits per heavy atom. The number of rotatable bonds is 7. The van der Waals surface area contributed by atoms with Gasteiger partial charge >= 0.3 is 0 Å². The van der Waals surface area contributed by atoms with Crippen LogP contribution in [0.3, 0.4) is 0 Å². The molecular formula is C14H22N2O. The maximum atomic E-state index is 5.81. The van der Waals surface area contributed by atoms with Crippen LogP contribution in [-0.4, -0.2) is 30.6 Å². The normalized spacial score (nSPS) is 15.2. The third kappa shape index (κ3) is 3.63. The lowest BCUT2D eigenvalue weighted by molar-refractivity contribution is 0.235. The van der Waals surface area contributed by atoms with Crippen molar-refractivity contribution in [3.63, 3.8) is 0 Å². The fraction of sp³-hybridized carbons (Fsp3) is 0.571. The number of nitrogens with two attached hydrogens (primary N) is 1. The van der Waals surface area contributed by atoms with E-state index >= 15 is 0 Å². The molecule has 1 saturated carbocycles. The molecule has 3 heteroatoms. The number of nitrogen functional groups attached to an aromatic ring is 1. The van der Waals surface area contributed by atoms with Crippen LogP contribution in [0.15, 0.2) is 24.3 Å². The first-order chi connectivity index (χ1) is 8.31. The molecule has 0 amide bonds. The Morgan fingerprint density at radius 2 is 2.12 bits per heavy atom. The molecule has 1 aliphatic rings.